The third kappa shape index (κ3) is 2.42. The van der Waals surface area contributed by atoms with Crippen molar-refractivity contribution in [2.45, 2.75) is 26.4 Å². The van der Waals surface area contributed by atoms with Crippen LogP contribution in [0.3, 0.4) is 0 Å². The molecule has 2 aromatic heterocycles. The number of para-hydroxylation sites is 2. The maximum atomic E-state index is 5.21. The van der Waals surface area contributed by atoms with Crippen molar-refractivity contribution in [2.75, 3.05) is 7.05 Å². The van der Waals surface area contributed by atoms with Crippen LogP contribution in [0.15, 0.2) is 28.8 Å². The highest BCUT2D eigenvalue weighted by Gasteiger charge is 2.19. The van der Waals surface area contributed by atoms with E-state index in [4.69, 9.17) is 4.52 Å². The molecule has 0 saturated heterocycles. The SMILES string of the molecule is Cc1noc(C(C)N(C)Cc2nc3ccccc3[nH]2)n1. The number of aromatic amines is 1. The van der Waals surface area contributed by atoms with Crippen molar-refractivity contribution < 1.29 is 4.52 Å². The van der Waals surface area contributed by atoms with Gasteiger partial charge in [-0.25, -0.2) is 4.98 Å². The van der Waals surface area contributed by atoms with Gasteiger partial charge in [0.15, 0.2) is 5.82 Å². The first kappa shape index (κ1) is 12.8. The third-order valence-electron chi connectivity index (χ3n) is 3.40. The van der Waals surface area contributed by atoms with Crippen molar-refractivity contribution in [2.24, 2.45) is 0 Å². The van der Waals surface area contributed by atoms with E-state index in [1.165, 1.54) is 0 Å². The molecular weight excluding hydrogens is 254 g/mol. The summed E-state index contributed by atoms with van der Waals surface area (Å²) in [5.74, 6) is 2.21. The summed E-state index contributed by atoms with van der Waals surface area (Å²) in [5, 5.41) is 3.83. The van der Waals surface area contributed by atoms with Gasteiger partial charge in [0, 0.05) is 0 Å². The molecule has 1 unspecified atom stereocenters. The number of benzene rings is 1. The van der Waals surface area contributed by atoms with Crippen LogP contribution >= 0.6 is 0 Å². The fourth-order valence-electron chi connectivity index (χ4n) is 2.13. The zero-order valence-corrected chi connectivity index (χ0v) is 11.8. The molecule has 0 bridgehead atoms. The quantitative estimate of drug-likeness (QED) is 0.789. The van der Waals surface area contributed by atoms with Crippen molar-refractivity contribution in [3.05, 3.63) is 41.8 Å². The summed E-state index contributed by atoms with van der Waals surface area (Å²) in [7, 11) is 2.01. The Morgan fingerprint density at radius 1 is 1.30 bits per heavy atom. The zero-order valence-electron chi connectivity index (χ0n) is 11.8. The van der Waals surface area contributed by atoms with Crippen LogP contribution in [0.25, 0.3) is 11.0 Å². The van der Waals surface area contributed by atoms with Crippen LogP contribution in [0.5, 0.6) is 0 Å². The average molecular weight is 271 g/mol. The predicted molar refractivity (Wildman–Crippen MR) is 75.0 cm³/mol. The number of nitrogens with one attached hydrogen (secondary N) is 1. The molecule has 20 heavy (non-hydrogen) atoms. The summed E-state index contributed by atoms with van der Waals surface area (Å²) in [6, 6.07) is 8.05. The maximum Gasteiger partial charge on any atom is 0.243 e. The molecule has 0 spiro atoms. The second-order valence-corrected chi connectivity index (χ2v) is 4.97. The van der Waals surface area contributed by atoms with Crippen LogP contribution in [-0.4, -0.2) is 32.1 Å². The average Bonchev–Trinajstić information content (AvgIpc) is 3.03. The molecule has 6 nitrogen and oxygen atoms in total. The van der Waals surface area contributed by atoms with Gasteiger partial charge >= 0.3 is 0 Å². The van der Waals surface area contributed by atoms with Gasteiger partial charge in [-0.15, -0.1) is 0 Å². The lowest BCUT2D eigenvalue weighted by molar-refractivity contribution is 0.199. The van der Waals surface area contributed by atoms with Gasteiger partial charge in [-0.3, -0.25) is 4.90 Å². The monoisotopic (exact) mass is 271 g/mol. The second kappa shape index (κ2) is 5.05. The van der Waals surface area contributed by atoms with Gasteiger partial charge < -0.3 is 9.51 Å². The number of rotatable bonds is 4. The van der Waals surface area contributed by atoms with Crippen molar-refractivity contribution in [1.29, 1.82) is 0 Å². The zero-order chi connectivity index (χ0) is 14.1. The molecule has 1 atom stereocenters. The minimum Gasteiger partial charge on any atom is -0.341 e. The van der Waals surface area contributed by atoms with Crippen molar-refractivity contribution >= 4 is 11.0 Å². The van der Waals surface area contributed by atoms with E-state index in [-0.39, 0.29) is 6.04 Å². The van der Waals surface area contributed by atoms with E-state index in [1.807, 2.05) is 45.2 Å². The molecule has 6 heteroatoms. The predicted octanol–water partition coefficient (Wildman–Crippen LogP) is 2.45. The fraction of sp³-hybridized carbons (Fsp3) is 0.357. The summed E-state index contributed by atoms with van der Waals surface area (Å²) in [6.07, 6.45) is 0. The molecule has 0 fully saturated rings. The van der Waals surface area contributed by atoms with Gasteiger partial charge in [0.25, 0.3) is 0 Å². The molecule has 0 aliphatic carbocycles. The Balaban J connectivity index is 1.76. The first-order chi connectivity index (χ1) is 9.63. The highest BCUT2D eigenvalue weighted by Crippen LogP contribution is 2.19. The van der Waals surface area contributed by atoms with E-state index >= 15 is 0 Å². The number of H-pyrrole nitrogens is 1. The third-order valence-corrected chi connectivity index (χ3v) is 3.40. The topological polar surface area (TPSA) is 70.8 Å². The fourth-order valence-corrected chi connectivity index (χ4v) is 2.13. The summed E-state index contributed by atoms with van der Waals surface area (Å²) in [4.78, 5) is 14.3. The van der Waals surface area contributed by atoms with Crippen LogP contribution < -0.4 is 0 Å². The van der Waals surface area contributed by atoms with E-state index in [9.17, 15) is 0 Å². The van der Waals surface area contributed by atoms with E-state index < -0.39 is 0 Å². The molecular formula is C14H17N5O. The first-order valence-electron chi connectivity index (χ1n) is 6.57. The Morgan fingerprint density at radius 3 is 2.80 bits per heavy atom. The van der Waals surface area contributed by atoms with Crippen LogP contribution in [0.4, 0.5) is 0 Å². The first-order valence-corrected chi connectivity index (χ1v) is 6.57. The Hall–Kier alpha value is -2.21. The van der Waals surface area contributed by atoms with Gasteiger partial charge in [-0.05, 0) is 33.0 Å². The number of imidazole rings is 1. The lowest BCUT2D eigenvalue weighted by Crippen LogP contribution is -2.22. The van der Waals surface area contributed by atoms with E-state index in [1.54, 1.807) is 0 Å². The number of aromatic nitrogens is 4. The van der Waals surface area contributed by atoms with Gasteiger partial charge in [-0.2, -0.15) is 4.98 Å². The lowest BCUT2D eigenvalue weighted by Gasteiger charge is -2.20. The van der Waals surface area contributed by atoms with Gasteiger partial charge in [-0.1, -0.05) is 17.3 Å². The molecule has 0 saturated carbocycles. The molecule has 0 aliphatic rings. The van der Waals surface area contributed by atoms with Gasteiger partial charge in [0.2, 0.25) is 5.89 Å². The molecule has 0 radical (unpaired) electrons. The number of hydrogen-bond acceptors (Lipinski definition) is 5. The Bertz CT molecular complexity index is 684. The van der Waals surface area contributed by atoms with E-state index in [0.717, 1.165) is 16.9 Å². The molecule has 1 aromatic carbocycles. The normalized spacial score (nSPS) is 13.2. The van der Waals surface area contributed by atoms with Crippen molar-refractivity contribution in [3.8, 4) is 0 Å². The highest BCUT2D eigenvalue weighted by molar-refractivity contribution is 5.74. The number of fused-ring (bicyclic) bond motifs is 1. The smallest absolute Gasteiger partial charge is 0.243 e. The summed E-state index contributed by atoms with van der Waals surface area (Å²) in [5.41, 5.74) is 2.04. The lowest BCUT2D eigenvalue weighted by atomic mass is 10.3. The van der Waals surface area contributed by atoms with Crippen LogP contribution in [0, 0.1) is 6.92 Å². The van der Waals surface area contributed by atoms with Crippen molar-refractivity contribution in [1.82, 2.24) is 25.0 Å². The minimum absolute atomic E-state index is 0.0458. The van der Waals surface area contributed by atoms with E-state index in [2.05, 4.69) is 25.0 Å². The summed E-state index contributed by atoms with van der Waals surface area (Å²) >= 11 is 0. The second-order valence-electron chi connectivity index (χ2n) is 4.97. The molecule has 1 N–H and O–H groups in total. The van der Waals surface area contributed by atoms with Gasteiger partial charge in [0.05, 0.1) is 23.6 Å². The van der Waals surface area contributed by atoms with Crippen LogP contribution in [0.2, 0.25) is 0 Å². The molecule has 0 aliphatic heterocycles. The Morgan fingerprint density at radius 2 is 2.10 bits per heavy atom. The molecule has 0 amide bonds. The Kier molecular flexibility index (Phi) is 3.23. The van der Waals surface area contributed by atoms with Crippen LogP contribution in [0.1, 0.15) is 30.5 Å². The van der Waals surface area contributed by atoms with Gasteiger partial charge in [0.1, 0.15) is 5.82 Å². The molecule has 2 heterocycles. The van der Waals surface area contributed by atoms with Crippen molar-refractivity contribution in [3.63, 3.8) is 0 Å². The largest absolute Gasteiger partial charge is 0.341 e. The molecule has 3 aromatic rings. The minimum atomic E-state index is 0.0458. The Labute approximate surface area is 116 Å². The highest BCUT2D eigenvalue weighted by atomic mass is 16.5. The summed E-state index contributed by atoms with van der Waals surface area (Å²) < 4.78 is 5.21. The molecule has 104 valence electrons. The standard InChI is InChI=1S/C14H17N5O/c1-9(14-15-10(2)18-20-14)19(3)8-13-16-11-6-4-5-7-12(11)17-13/h4-7,9H,8H2,1-3H3,(H,16,17). The number of aryl methyl sites for hydroxylation is 1. The van der Waals surface area contributed by atoms with Crippen LogP contribution in [-0.2, 0) is 6.54 Å². The number of hydrogen-bond donors (Lipinski definition) is 1. The van der Waals surface area contributed by atoms with E-state index in [0.29, 0.717) is 18.3 Å². The summed E-state index contributed by atoms with van der Waals surface area (Å²) in [6.45, 7) is 4.55. The molecule has 3 rings (SSSR count). The maximum absolute atomic E-state index is 5.21. The number of nitrogens with zero attached hydrogens (tertiary/aromatic N) is 4.